The number of hydrogen-bond acceptors (Lipinski definition) is 6. The zero-order valence-electron chi connectivity index (χ0n) is 17.1. The number of hydrogen-bond donors (Lipinski definition) is 0. The highest BCUT2D eigenvalue weighted by molar-refractivity contribution is 5.86. The minimum absolute atomic E-state index is 0.0105. The van der Waals surface area contributed by atoms with Crippen molar-refractivity contribution in [1.29, 1.82) is 0 Å². The molecule has 0 bridgehead atoms. The van der Waals surface area contributed by atoms with Gasteiger partial charge in [0.2, 0.25) is 5.91 Å². The number of ether oxygens (including phenoxy) is 2. The number of fused-ring (bicyclic) bond motifs is 1. The molecule has 0 radical (unpaired) electrons. The molecule has 9 heteroatoms. The maximum Gasteiger partial charge on any atom is 0.410 e. The smallest absolute Gasteiger partial charge is 0.410 e. The third-order valence-corrected chi connectivity index (χ3v) is 5.47. The molecule has 2 amide bonds. The highest BCUT2D eigenvalue weighted by atomic mass is 16.5. The Bertz CT molecular complexity index is 692. The molecule has 1 saturated heterocycles. The van der Waals surface area contributed by atoms with E-state index in [9.17, 15) is 9.59 Å². The maximum absolute atomic E-state index is 13.1. The molecular formula is C19H31N5O4. The fraction of sp³-hybridized carbons (Fsp3) is 0.737. The highest BCUT2D eigenvalue weighted by Gasteiger charge is 2.36. The Morgan fingerprint density at radius 2 is 2.07 bits per heavy atom. The number of rotatable bonds is 6. The number of aromatic nitrogens is 2. The van der Waals surface area contributed by atoms with Crippen LogP contribution < -0.4 is 0 Å². The molecule has 28 heavy (non-hydrogen) atoms. The summed E-state index contributed by atoms with van der Waals surface area (Å²) < 4.78 is 12.0. The minimum Gasteiger partial charge on any atom is -0.453 e. The summed E-state index contributed by atoms with van der Waals surface area (Å²) in [4.78, 5) is 30.8. The number of nitrogens with zero attached hydrogens (tertiary/aromatic N) is 5. The predicted molar refractivity (Wildman–Crippen MR) is 103 cm³/mol. The van der Waals surface area contributed by atoms with Crippen molar-refractivity contribution in [3.63, 3.8) is 0 Å². The van der Waals surface area contributed by atoms with E-state index in [1.165, 1.54) is 7.11 Å². The molecule has 3 heterocycles. The first-order chi connectivity index (χ1) is 13.5. The van der Waals surface area contributed by atoms with Crippen molar-refractivity contribution in [3.8, 4) is 0 Å². The quantitative estimate of drug-likeness (QED) is 0.715. The van der Waals surface area contributed by atoms with Gasteiger partial charge in [-0.2, -0.15) is 5.10 Å². The molecule has 0 N–H and O–H groups in total. The lowest BCUT2D eigenvalue weighted by molar-refractivity contribution is -0.139. The Hall–Kier alpha value is -2.13. The largest absolute Gasteiger partial charge is 0.453 e. The van der Waals surface area contributed by atoms with Crippen LogP contribution in [0.25, 0.3) is 0 Å². The van der Waals surface area contributed by atoms with E-state index in [1.807, 2.05) is 16.6 Å². The number of likely N-dealkylation sites (tertiary alicyclic amines) is 1. The van der Waals surface area contributed by atoms with E-state index in [0.29, 0.717) is 39.2 Å². The average Bonchev–Trinajstić information content (AvgIpc) is 3.12. The van der Waals surface area contributed by atoms with Crippen LogP contribution in [0.1, 0.15) is 30.7 Å². The predicted octanol–water partition coefficient (Wildman–Crippen LogP) is 0.924. The molecule has 2 aliphatic heterocycles. The molecule has 0 unspecified atom stereocenters. The van der Waals surface area contributed by atoms with Crippen molar-refractivity contribution in [2.24, 2.45) is 0 Å². The van der Waals surface area contributed by atoms with Crippen LogP contribution >= 0.6 is 0 Å². The van der Waals surface area contributed by atoms with Crippen molar-refractivity contribution >= 4 is 12.0 Å². The van der Waals surface area contributed by atoms with Gasteiger partial charge in [-0.15, -0.1) is 0 Å². The summed E-state index contributed by atoms with van der Waals surface area (Å²) in [5.41, 5.74) is 2.03. The van der Waals surface area contributed by atoms with Crippen LogP contribution in [0, 0.1) is 0 Å². The Balaban J connectivity index is 1.64. The van der Waals surface area contributed by atoms with Gasteiger partial charge in [-0.1, -0.05) is 0 Å². The van der Waals surface area contributed by atoms with Gasteiger partial charge in [0, 0.05) is 33.3 Å². The van der Waals surface area contributed by atoms with Gasteiger partial charge in [0.25, 0.3) is 0 Å². The van der Waals surface area contributed by atoms with Gasteiger partial charge in [-0.05, 0) is 32.4 Å². The number of carbonyl (C=O) groups is 2. The van der Waals surface area contributed by atoms with Crippen LogP contribution in [-0.2, 0) is 33.9 Å². The van der Waals surface area contributed by atoms with E-state index in [-0.39, 0.29) is 5.91 Å². The van der Waals surface area contributed by atoms with Crippen molar-refractivity contribution in [2.45, 2.75) is 44.9 Å². The fourth-order valence-electron chi connectivity index (χ4n) is 3.93. The molecule has 1 aromatic heterocycles. The third-order valence-electron chi connectivity index (χ3n) is 5.47. The molecule has 0 saturated carbocycles. The van der Waals surface area contributed by atoms with E-state index < -0.39 is 12.1 Å². The number of methoxy groups -OCH3 is 2. The topological polar surface area (TPSA) is 80.1 Å². The van der Waals surface area contributed by atoms with Crippen molar-refractivity contribution in [1.82, 2.24) is 24.5 Å². The van der Waals surface area contributed by atoms with Gasteiger partial charge in [0.05, 0.1) is 38.2 Å². The Morgan fingerprint density at radius 1 is 1.25 bits per heavy atom. The Kier molecular flexibility index (Phi) is 6.90. The van der Waals surface area contributed by atoms with Crippen molar-refractivity contribution in [3.05, 3.63) is 17.5 Å². The summed E-state index contributed by atoms with van der Waals surface area (Å²) in [6.07, 6.45) is 2.14. The monoisotopic (exact) mass is 393 g/mol. The van der Waals surface area contributed by atoms with Gasteiger partial charge >= 0.3 is 6.09 Å². The van der Waals surface area contributed by atoms with Crippen LogP contribution in [0.5, 0.6) is 0 Å². The zero-order valence-corrected chi connectivity index (χ0v) is 17.1. The zero-order chi connectivity index (χ0) is 20.1. The van der Waals surface area contributed by atoms with Gasteiger partial charge in [0.1, 0.15) is 6.04 Å². The van der Waals surface area contributed by atoms with Crippen LogP contribution in [0.15, 0.2) is 6.07 Å². The number of piperidine rings is 1. The molecule has 0 spiro atoms. The molecule has 0 aliphatic carbocycles. The van der Waals surface area contributed by atoms with E-state index in [0.717, 1.165) is 37.3 Å². The Morgan fingerprint density at radius 3 is 2.82 bits per heavy atom. The molecule has 1 aromatic rings. The van der Waals surface area contributed by atoms with E-state index in [1.54, 1.807) is 12.0 Å². The summed E-state index contributed by atoms with van der Waals surface area (Å²) in [5, 5.41) is 4.67. The lowest BCUT2D eigenvalue weighted by Crippen LogP contribution is -2.54. The first kappa shape index (κ1) is 20.6. The van der Waals surface area contributed by atoms with Crippen molar-refractivity contribution < 1.29 is 19.1 Å². The molecule has 1 atom stereocenters. The maximum atomic E-state index is 13.1. The van der Waals surface area contributed by atoms with Gasteiger partial charge in [-0.3, -0.25) is 19.3 Å². The van der Waals surface area contributed by atoms with Gasteiger partial charge < -0.3 is 14.4 Å². The van der Waals surface area contributed by atoms with Gasteiger partial charge in [-0.25, -0.2) is 4.79 Å². The average molecular weight is 393 g/mol. The van der Waals surface area contributed by atoms with E-state index >= 15 is 0 Å². The second-order valence-corrected chi connectivity index (χ2v) is 7.52. The summed E-state index contributed by atoms with van der Waals surface area (Å²) >= 11 is 0. The SMILES string of the molecule is COCCN(C)Cc1cc2n(n1)CCN(C(=O)[C@H]1CCCCN1C(=O)OC)C2. The molecule has 0 aromatic carbocycles. The van der Waals surface area contributed by atoms with Crippen LogP contribution in [0.3, 0.4) is 0 Å². The second-order valence-electron chi connectivity index (χ2n) is 7.52. The van der Waals surface area contributed by atoms with E-state index in [4.69, 9.17) is 9.47 Å². The molecule has 3 rings (SSSR count). The fourth-order valence-corrected chi connectivity index (χ4v) is 3.93. The lowest BCUT2D eigenvalue weighted by atomic mass is 10.0. The summed E-state index contributed by atoms with van der Waals surface area (Å²) in [5.74, 6) is 0.0105. The minimum atomic E-state index is -0.421. The molecule has 1 fully saturated rings. The van der Waals surface area contributed by atoms with Crippen LogP contribution in [0.4, 0.5) is 4.79 Å². The highest BCUT2D eigenvalue weighted by Crippen LogP contribution is 2.22. The van der Waals surface area contributed by atoms with Gasteiger partial charge in [0.15, 0.2) is 0 Å². The molecule has 2 aliphatic rings. The first-order valence-corrected chi connectivity index (χ1v) is 9.90. The summed E-state index contributed by atoms with van der Waals surface area (Å²) in [7, 11) is 5.10. The summed E-state index contributed by atoms with van der Waals surface area (Å²) in [6, 6.07) is 1.65. The standard InChI is InChI=1S/C19H31N5O4/c1-21(10-11-27-2)13-15-12-16-14-22(8-9-24(16)20-15)18(25)17-6-4-5-7-23(17)19(26)28-3/h12,17H,4-11,13-14H2,1-3H3/t17-/m1/s1. The van der Waals surface area contributed by atoms with Crippen LogP contribution in [-0.4, -0.2) is 90.0 Å². The summed E-state index contributed by atoms with van der Waals surface area (Å²) in [6.45, 7) is 4.66. The Labute approximate surface area is 166 Å². The molecular weight excluding hydrogens is 362 g/mol. The van der Waals surface area contributed by atoms with E-state index in [2.05, 4.69) is 16.1 Å². The number of amides is 2. The molecule has 156 valence electrons. The number of carbonyl (C=O) groups excluding carboxylic acids is 2. The molecule has 9 nitrogen and oxygen atoms in total. The number of likely N-dealkylation sites (N-methyl/N-ethyl adjacent to an activating group) is 1. The third kappa shape index (κ3) is 4.64. The normalized spacial score (nSPS) is 19.6. The first-order valence-electron chi connectivity index (χ1n) is 9.90. The van der Waals surface area contributed by atoms with Crippen molar-refractivity contribution in [2.75, 3.05) is 47.5 Å². The second kappa shape index (κ2) is 9.38. The lowest BCUT2D eigenvalue weighted by Gasteiger charge is -2.37. The van der Waals surface area contributed by atoms with Crippen LogP contribution in [0.2, 0.25) is 0 Å².